The average molecular weight is 376 g/mol. The predicted molar refractivity (Wildman–Crippen MR) is 110 cm³/mol. The maximum absolute atomic E-state index is 12.9. The van der Waals surface area contributed by atoms with E-state index in [1.165, 1.54) is 12.8 Å². The third-order valence-corrected chi connectivity index (χ3v) is 5.31. The topological polar surface area (TPSA) is 68.6 Å². The molecule has 1 N–H and O–H groups in total. The maximum Gasteiger partial charge on any atom is 0.255 e. The van der Waals surface area contributed by atoms with Crippen LogP contribution in [0.4, 0.5) is 17.1 Å². The van der Waals surface area contributed by atoms with E-state index in [9.17, 15) is 4.79 Å². The number of nitriles is 1. The van der Waals surface area contributed by atoms with Crippen LogP contribution in [0.5, 0.6) is 0 Å². The minimum atomic E-state index is -0.198. The minimum Gasteiger partial charge on any atom is -0.378 e. The number of carbonyl (C=O) groups excluding carboxylic acids is 1. The smallest absolute Gasteiger partial charge is 0.255 e. The number of hydrogen-bond donors (Lipinski definition) is 1. The van der Waals surface area contributed by atoms with Crippen LogP contribution in [0.25, 0.3) is 0 Å². The molecule has 2 fully saturated rings. The first kappa shape index (κ1) is 18.3. The second-order valence-electron chi connectivity index (χ2n) is 7.14. The number of benzene rings is 2. The maximum atomic E-state index is 12.9. The fraction of sp³-hybridized carbons (Fsp3) is 0.364. The van der Waals surface area contributed by atoms with Crippen LogP contribution < -0.4 is 15.1 Å². The van der Waals surface area contributed by atoms with Crippen LogP contribution in [0.3, 0.4) is 0 Å². The van der Waals surface area contributed by atoms with Gasteiger partial charge >= 0.3 is 0 Å². The summed E-state index contributed by atoms with van der Waals surface area (Å²) in [6.45, 7) is 5.14. The zero-order chi connectivity index (χ0) is 19.3. The van der Waals surface area contributed by atoms with Gasteiger partial charge in [-0.05, 0) is 49.2 Å². The monoisotopic (exact) mass is 376 g/mol. The van der Waals surface area contributed by atoms with E-state index in [1.54, 1.807) is 24.3 Å². The molecule has 0 aliphatic carbocycles. The van der Waals surface area contributed by atoms with Gasteiger partial charge in [-0.15, -0.1) is 0 Å². The Morgan fingerprint density at radius 3 is 2.54 bits per heavy atom. The molecule has 2 aromatic carbocycles. The molecule has 2 heterocycles. The van der Waals surface area contributed by atoms with E-state index >= 15 is 0 Å². The van der Waals surface area contributed by atoms with Gasteiger partial charge in [-0.2, -0.15) is 5.26 Å². The predicted octanol–water partition coefficient (Wildman–Crippen LogP) is 3.25. The molecule has 2 saturated heterocycles. The van der Waals surface area contributed by atoms with Gasteiger partial charge in [-0.1, -0.05) is 6.07 Å². The molecular formula is C22H24N4O2. The highest BCUT2D eigenvalue weighted by Crippen LogP contribution is 2.33. The van der Waals surface area contributed by atoms with Gasteiger partial charge in [-0.25, -0.2) is 0 Å². The third kappa shape index (κ3) is 3.95. The summed E-state index contributed by atoms with van der Waals surface area (Å²) < 4.78 is 5.45. The molecule has 6 nitrogen and oxygen atoms in total. The first-order valence-electron chi connectivity index (χ1n) is 9.78. The number of carbonyl (C=O) groups is 1. The molecule has 0 aromatic heterocycles. The van der Waals surface area contributed by atoms with E-state index in [0.717, 1.165) is 56.5 Å². The number of anilines is 3. The van der Waals surface area contributed by atoms with Crippen LogP contribution in [0.2, 0.25) is 0 Å². The highest BCUT2D eigenvalue weighted by atomic mass is 16.5. The van der Waals surface area contributed by atoms with Crippen molar-refractivity contribution in [3.63, 3.8) is 0 Å². The van der Waals surface area contributed by atoms with Crippen molar-refractivity contribution in [3.05, 3.63) is 53.6 Å². The van der Waals surface area contributed by atoms with Crippen molar-refractivity contribution >= 4 is 23.0 Å². The van der Waals surface area contributed by atoms with Gasteiger partial charge in [0.25, 0.3) is 5.91 Å². The fourth-order valence-corrected chi connectivity index (χ4v) is 3.80. The Kier molecular flexibility index (Phi) is 5.45. The Hall–Kier alpha value is -3.04. The highest BCUT2D eigenvalue weighted by Gasteiger charge is 2.20. The fourth-order valence-electron chi connectivity index (χ4n) is 3.80. The van der Waals surface area contributed by atoms with Crippen molar-refractivity contribution < 1.29 is 9.53 Å². The lowest BCUT2D eigenvalue weighted by Crippen LogP contribution is -2.36. The molecule has 0 saturated carbocycles. The van der Waals surface area contributed by atoms with E-state index in [0.29, 0.717) is 11.1 Å². The molecular weight excluding hydrogens is 352 g/mol. The number of ether oxygens (including phenoxy) is 1. The molecule has 4 rings (SSSR count). The summed E-state index contributed by atoms with van der Waals surface area (Å²) >= 11 is 0. The van der Waals surface area contributed by atoms with Crippen LogP contribution in [0.1, 0.15) is 28.8 Å². The first-order chi connectivity index (χ1) is 13.7. The molecule has 2 aliphatic rings. The molecule has 6 heteroatoms. The number of morpholine rings is 1. The average Bonchev–Trinajstić information content (AvgIpc) is 3.29. The lowest BCUT2D eigenvalue weighted by Gasteiger charge is -2.30. The standard InChI is InChI=1S/C22H24N4O2/c23-16-17-4-3-5-18(14-17)22(27)24-20-15-19(25-10-12-28-13-11-25)6-7-21(20)26-8-1-2-9-26/h3-7,14-15H,1-2,8-13H2,(H,24,27). The summed E-state index contributed by atoms with van der Waals surface area (Å²) in [4.78, 5) is 17.5. The van der Waals surface area contributed by atoms with Gasteiger partial charge in [0, 0.05) is 37.4 Å². The van der Waals surface area contributed by atoms with Crippen molar-refractivity contribution in [2.75, 3.05) is 54.5 Å². The number of nitrogens with zero attached hydrogens (tertiary/aromatic N) is 3. The van der Waals surface area contributed by atoms with Crippen LogP contribution in [-0.2, 0) is 4.74 Å². The molecule has 1 amide bonds. The van der Waals surface area contributed by atoms with E-state index in [-0.39, 0.29) is 5.91 Å². The Morgan fingerprint density at radius 1 is 1.00 bits per heavy atom. The SMILES string of the molecule is N#Cc1cccc(C(=O)Nc2cc(N3CCOCC3)ccc2N2CCCC2)c1. The largest absolute Gasteiger partial charge is 0.378 e. The second-order valence-corrected chi connectivity index (χ2v) is 7.14. The molecule has 0 radical (unpaired) electrons. The molecule has 0 atom stereocenters. The van der Waals surface area contributed by atoms with E-state index in [4.69, 9.17) is 10.00 Å². The summed E-state index contributed by atoms with van der Waals surface area (Å²) in [5.74, 6) is -0.198. The molecule has 144 valence electrons. The quantitative estimate of drug-likeness (QED) is 0.887. The van der Waals surface area contributed by atoms with Crippen LogP contribution >= 0.6 is 0 Å². The molecule has 0 spiro atoms. The van der Waals surface area contributed by atoms with E-state index in [2.05, 4.69) is 39.4 Å². The summed E-state index contributed by atoms with van der Waals surface area (Å²) in [6, 6.07) is 15.2. The summed E-state index contributed by atoms with van der Waals surface area (Å²) in [7, 11) is 0. The van der Waals surface area contributed by atoms with Crippen LogP contribution in [0.15, 0.2) is 42.5 Å². The van der Waals surface area contributed by atoms with Crippen molar-refractivity contribution in [1.82, 2.24) is 0 Å². The highest BCUT2D eigenvalue weighted by molar-refractivity contribution is 6.06. The van der Waals surface area contributed by atoms with Gasteiger partial charge in [-0.3, -0.25) is 4.79 Å². The molecule has 0 bridgehead atoms. The Balaban J connectivity index is 1.63. The van der Waals surface area contributed by atoms with Crippen molar-refractivity contribution in [2.24, 2.45) is 0 Å². The van der Waals surface area contributed by atoms with E-state index < -0.39 is 0 Å². The lowest BCUT2D eigenvalue weighted by atomic mass is 10.1. The zero-order valence-electron chi connectivity index (χ0n) is 15.9. The zero-order valence-corrected chi connectivity index (χ0v) is 15.9. The van der Waals surface area contributed by atoms with E-state index in [1.807, 2.05) is 0 Å². The molecule has 2 aliphatic heterocycles. The Labute approximate surface area is 165 Å². The summed E-state index contributed by atoms with van der Waals surface area (Å²) in [6.07, 6.45) is 2.34. The van der Waals surface area contributed by atoms with Crippen molar-refractivity contribution in [3.8, 4) is 6.07 Å². The Bertz CT molecular complexity index is 894. The second kappa shape index (κ2) is 8.32. The van der Waals surface area contributed by atoms with Gasteiger partial charge in [0.2, 0.25) is 0 Å². The first-order valence-corrected chi connectivity index (χ1v) is 9.78. The Morgan fingerprint density at radius 2 is 1.79 bits per heavy atom. The number of rotatable bonds is 4. The van der Waals surface area contributed by atoms with Gasteiger partial charge < -0.3 is 19.9 Å². The molecule has 2 aromatic rings. The number of amides is 1. The summed E-state index contributed by atoms with van der Waals surface area (Å²) in [5, 5.41) is 12.2. The van der Waals surface area contributed by atoms with Crippen LogP contribution in [0, 0.1) is 11.3 Å². The van der Waals surface area contributed by atoms with Gasteiger partial charge in [0.05, 0.1) is 36.2 Å². The van der Waals surface area contributed by atoms with Gasteiger partial charge in [0.15, 0.2) is 0 Å². The van der Waals surface area contributed by atoms with Crippen molar-refractivity contribution in [2.45, 2.75) is 12.8 Å². The van der Waals surface area contributed by atoms with Crippen LogP contribution in [-0.4, -0.2) is 45.3 Å². The third-order valence-electron chi connectivity index (χ3n) is 5.31. The number of hydrogen-bond acceptors (Lipinski definition) is 5. The normalized spacial score (nSPS) is 16.7. The minimum absolute atomic E-state index is 0.198. The number of nitrogens with one attached hydrogen (secondary N) is 1. The molecule has 28 heavy (non-hydrogen) atoms. The van der Waals surface area contributed by atoms with Gasteiger partial charge in [0.1, 0.15) is 0 Å². The molecule has 0 unspecified atom stereocenters. The summed E-state index contributed by atoms with van der Waals surface area (Å²) in [5.41, 5.74) is 3.93. The van der Waals surface area contributed by atoms with Crippen molar-refractivity contribution in [1.29, 1.82) is 5.26 Å². The lowest BCUT2D eigenvalue weighted by molar-refractivity contribution is 0.102.